The minimum Gasteiger partial charge on any atom is -0.497 e. The topological polar surface area (TPSA) is 125 Å². The van der Waals surface area contributed by atoms with Gasteiger partial charge in [-0.3, -0.25) is 4.98 Å². The first-order chi connectivity index (χ1) is 21.6. The lowest BCUT2D eigenvalue weighted by Crippen LogP contribution is -2.30. The number of fused-ring (bicyclic) bond motifs is 1. The number of methoxy groups -OCH3 is 2. The fourth-order valence-corrected chi connectivity index (χ4v) is 4.77. The number of alkyl halides is 3. The number of halogens is 3. The van der Waals surface area contributed by atoms with E-state index in [0.717, 1.165) is 12.3 Å². The minimum absolute atomic E-state index is 0.100. The van der Waals surface area contributed by atoms with Gasteiger partial charge in [-0.25, -0.2) is 9.31 Å². The van der Waals surface area contributed by atoms with Gasteiger partial charge in [0.15, 0.2) is 11.5 Å². The van der Waals surface area contributed by atoms with Crippen molar-refractivity contribution in [1.29, 1.82) is 0 Å². The van der Waals surface area contributed by atoms with Gasteiger partial charge >= 0.3 is 12.2 Å². The molecule has 0 aliphatic heterocycles. The molecule has 4 N–H and O–H groups in total. The van der Waals surface area contributed by atoms with Gasteiger partial charge in [0, 0.05) is 23.9 Å². The van der Waals surface area contributed by atoms with E-state index in [-0.39, 0.29) is 18.3 Å². The maximum atomic E-state index is 13.6. The predicted molar refractivity (Wildman–Crippen MR) is 165 cm³/mol. The van der Waals surface area contributed by atoms with Crippen LogP contribution in [0.15, 0.2) is 72.9 Å². The van der Waals surface area contributed by atoms with E-state index < -0.39 is 17.4 Å². The summed E-state index contributed by atoms with van der Waals surface area (Å²) in [7, 11) is 3.08. The van der Waals surface area contributed by atoms with E-state index in [2.05, 4.69) is 15.6 Å². The Morgan fingerprint density at radius 3 is 2.56 bits per heavy atom. The summed E-state index contributed by atoms with van der Waals surface area (Å²) < 4.78 is 58.9. The average molecular weight is 621 g/mol. The Bertz CT molecular complexity index is 1840. The third kappa shape index (κ3) is 7.03. The maximum Gasteiger partial charge on any atom is 0.418 e. The Hall–Kier alpha value is -5.46. The van der Waals surface area contributed by atoms with Crippen LogP contribution in [0.4, 0.5) is 29.3 Å². The van der Waals surface area contributed by atoms with Crippen molar-refractivity contribution in [2.24, 2.45) is 0 Å². The number of hydrogen-bond acceptors (Lipinski definition) is 7. The van der Waals surface area contributed by atoms with E-state index in [9.17, 15) is 18.0 Å². The molecule has 0 saturated carbocycles. The van der Waals surface area contributed by atoms with Crippen molar-refractivity contribution in [1.82, 2.24) is 19.9 Å². The molecule has 5 aromatic rings. The Kier molecular flexibility index (Phi) is 8.98. The molecule has 0 bridgehead atoms. The second-order valence-electron chi connectivity index (χ2n) is 10.1. The molecule has 0 atom stereocenters. The van der Waals surface area contributed by atoms with E-state index in [1.807, 2.05) is 24.3 Å². The van der Waals surface area contributed by atoms with E-state index in [0.29, 0.717) is 63.9 Å². The second kappa shape index (κ2) is 13.0. The van der Waals surface area contributed by atoms with Crippen LogP contribution in [0.2, 0.25) is 0 Å². The van der Waals surface area contributed by atoms with Gasteiger partial charge in [-0.2, -0.15) is 18.3 Å². The Morgan fingerprint density at radius 2 is 1.80 bits per heavy atom. The van der Waals surface area contributed by atoms with Crippen LogP contribution in [-0.4, -0.2) is 48.0 Å². The minimum atomic E-state index is -4.62. The smallest absolute Gasteiger partial charge is 0.418 e. The zero-order valence-electron chi connectivity index (χ0n) is 24.7. The van der Waals surface area contributed by atoms with Crippen LogP contribution in [0.5, 0.6) is 17.2 Å². The number of urea groups is 1. The first kappa shape index (κ1) is 31.0. The molecule has 5 rings (SSSR count). The number of rotatable bonds is 10. The summed E-state index contributed by atoms with van der Waals surface area (Å²) in [6.45, 7) is 2.43. The molecule has 0 spiro atoms. The molecular formula is C32H31F3N6O4. The highest BCUT2D eigenvalue weighted by molar-refractivity contribution is 5.89. The van der Waals surface area contributed by atoms with Crippen LogP contribution >= 0.6 is 0 Å². The van der Waals surface area contributed by atoms with Gasteiger partial charge in [-0.05, 0) is 73.5 Å². The molecule has 0 unspecified atom stereocenters. The number of amides is 2. The molecule has 2 aromatic carbocycles. The number of aromatic nitrogens is 3. The number of nitrogen functional groups attached to an aromatic ring is 1. The number of aryl methyl sites for hydroxylation is 1. The van der Waals surface area contributed by atoms with Gasteiger partial charge in [0.05, 0.1) is 60.9 Å². The summed E-state index contributed by atoms with van der Waals surface area (Å²) in [5.74, 6) is 1.61. The lowest BCUT2D eigenvalue weighted by Gasteiger charge is -2.14. The van der Waals surface area contributed by atoms with E-state index >= 15 is 0 Å². The van der Waals surface area contributed by atoms with Crippen molar-refractivity contribution in [2.45, 2.75) is 19.5 Å². The summed E-state index contributed by atoms with van der Waals surface area (Å²) in [6.07, 6.45) is -3.10. The third-order valence-corrected chi connectivity index (χ3v) is 6.95. The zero-order chi connectivity index (χ0) is 32.1. The van der Waals surface area contributed by atoms with Gasteiger partial charge < -0.3 is 30.6 Å². The SMILES string of the molecule is COc1cccc(NC(=O)NCCCOc2cc(-c3ccc4cc(C)c(-c5cc(C(F)(F)F)c(N)cn5)n4n3)ccc2OC)c1. The van der Waals surface area contributed by atoms with Crippen molar-refractivity contribution in [3.63, 3.8) is 0 Å². The van der Waals surface area contributed by atoms with Crippen molar-refractivity contribution < 1.29 is 32.2 Å². The molecule has 3 heterocycles. The van der Waals surface area contributed by atoms with E-state index in [1.54, 1.807) is 54.9 Å². The van der Waals surface area contributed by atoms with E-state index in [4.69, 9.17) is 25.0 Å². The summed E-state index contributed by atoms with van der Waals surface area (Å²) in [5.41, 5.74) is 7.93. The summed E-state index contributed by atoms with van der Waals surface area (Å²) in [6, 6.07) is 18.4. The number of carbonyl (C=O) groups is 1. The lowest BCUT2D eigenvalue weighted by molar-refractivity contribution is -0.136. The first-order valence-corrected chi connectivity index (χ1v) is 13.9. The molecule has 0 saturated heterocycles. The van der Waals surface area contributed by atoms with E-state index in [1.165, 1.54) is 7.11 Å². The largest absolute Gasteiger partial charge is 0.497 e. The Morgan fingerprint density at radius 1 is 0.978 bits per heavy atom. The fourth-order valence-electron chi connectivity index (χ4n) is 4.77. The molecule has 2 amide bonds. The highest BCUT2D eigenvalue weighted by Crippen LogP contribution is 2.37. The normalized spacial score (nSPS) is 11.3. The number of benzene rings is 2. The standard InChI is InChI=1S/C32H31F3N6O4/c1-19-14-22-9-10-26(40-41(22)30(19)27-17-24(32(33,34)35)25(36)18-38-27)20-8-11-28(44-3)29(15-20)45-13-5-12-37-31(42)39-21-6-4-7-23(16-21)43-2/h4,6-11,14-18H,5,12-13,36H2,1-3H3,(H2,37,39,42). The number of pyridine rings is 1. The highest BCUT2D eigenvalue weighted by atomic mass is 19.4. The van der Waals surface area contributed by atoms with Crippen molar-refractivity contribution in [3.8, 4) is 39.9 Å². The van der Waals surface area contributed by atoms with Crippen LogP contribution in [0.1, 0.15) is 17.5 Å². The number of nitrogens with zero attached hydrogens (tertiary/aromatic N) is 3. The molecule has 3 aromatic heterocycles. The van der Waals surface area contributed by atoms with Gasteiger partial charge in [-0.15, -0.1) is 0 Å². The molecule has 10 nitrogen and oxygen atoms in total. The van der Waals surface area contributed by atoms with Crippen molar-refractivity contribution >= 4 is 22.9 Å². The Balaban J connectivity index is 1.30. The molecule has 0 aliphatic carbocycles. The molecule has 234 valence electrons. The van der Waals surface area contributed by atoms with Crippen LogP contribution < -0.4 is 30.6 Å². The second-order valence-corrected chi connectivity index (χ2v) is 10.1. The first-order valence-electron chi connectivity index (χ1n) is 13.9. The third-order valence-electron chi connectivity index (χ3n) is 6.95. The number of nitrogens with one attached hydrogen (secondary N) is 2. The highest BCUT2D eigenvalue weighted by Gasteiger charge is 2.34. The molecule has 0 fully saturated rings. The molecule has 45 heavy (non-hydrogen) atoms. The summed E-state index contributed by atoms with van der Waals surface area (Å²) in [4.78, 5) is 16.4. The predicted octanol–water partition coefficient (Wildman–Crippen LogP) is 6.58. The fraction of sp³-hybridized carbons (Fsp3) is 0.219. The average Bonchev–Trinajstić information content (AvgIpc) is 3.35. The number of carbonyl (C=O) groups excluding carboxylic acids is 1. The molecule has 13 heteroatoms. The molecule has 0 radical (unpaired) electrons. The van der Waals surface area contributed by atoms with Gasteiger partial charge in [0.2, 0.25) is 0 Å². The lowest BCUT2D eigenvalue weighted by atomic mass is 10.1. The number of anilines is 2. The van der Waals surface area contributed by atoms with Crippen molar-refractivity contribution in [2.75, 3.05) is 38.4 Å². The maximum absolute atomic E-state index is 13.6. The van der Waals surface area contributed by atoms with Gasteiger partial charge in [0.1, 0.15) is 5.75 Å². The van der Waals surface area contributed by atoms with Crippen LogP contribution in [-0.2, 0) is 6.18 Å². The zero-order valence-corrected chi connectivity index (χ0v) is 24.7. The molecular weight excluding hydrogens is 589 g/mol. The van der Waals surface area contributed by atoms with Crippen LogP contribution in [0.3, 0.4) is 0 Å². The monoisotopic (exact) mass is 620 g/mol. The number of hydrogen-bond donors (Lipinski definition) is 3. The van der Waals surface area contributed by atoms with Crippen LogP contribution in [0, 0.1) is 6.92 Å². The molecule has 0 aliphatic rings. The van der Waals surface area contributed by atoms with Gasteiger partial charge in [0.25, 0.3) is 0 Å². The number of nitrogens with two attached hydrogens (primary N) is 1. The van der Waals surface area contributed by atoms with Crippen molar-refractivity contribution in [3.05, 3.63) is 84.1 Å². The Labute approximate surface area is 256 Å². The van der Waals surface area contributed by atoms with Gasteiger partial charge in [-0.1, -0.05) is 6.07 Å². The summed E-state index contributed by atoms with van der Waals surface area (Å²) >= 11 is 0. The quantitative estimate of drug-likeness (QED) is 0.151. The van der Waals surface area contributed by atoms with Crippen LogP contribution in [0.25, 0.3) is 28.2 Å². The number of ether oxygens (including phenoxy) is 3. The summed E-state index contributed by atoms with van der Waals surface area (Å²) in [5, 5.41) is 10.3.